The average molecular weight is 338 g/mol. The number of hydrogen-bond acceptors (Lipinski definition) is 2. The largest absolute Gasteiger partial charge is 0.481 e. The maximum atomic E-state index is 12.1. The predicted molar refractivity (Wildman–Crippen MR) is 80.1 cm³/mol. The van der Waals surface area contributed by atoms with E-state index in [4.69, 9.17) is 5.11 Å². The predicted octanol–water partition coefficient (Wildman–Crippen LogP) is 2.79. The molecular weight excluding hydrogens is 322 g/mol. The van der Waals surface area contributed by atoms with E-state index in [2.05, 4.69) is 15.9 Å². The molecule has 1 atom stereocenters. The number of likely N-dealkylation sites (tertiary alicyclic amines) is 1. The van der Waals surface area contributed by atoms with Gasteiger partial charge in [0, 0.05) is 23.6 Å². The average Bonchev–Trinajstić information content (AvgIpc) is 2.45. The third-order valence-corrected chi connectivity index (χ3v) is 3.84. The number of rotatable bonds is 3. The normalized spacial score (nSPS) is 19.2. The van der Waals surface area contributed by atoms with Crippen LogP contribution in [0.5, 0.6) is 0 Å². The lowest BCUT2D eigenvalue weighted by Gasteiger charge is -2.29. The number of carbonyl (C=O) groups is 2. The van der Waals surface area contributed by atoms with Gasteiger partial charge in [-0.25, -0.2) is 0 Å². The summed E-state index contributed by atoms with van der Waals surface area (Å²) in [6.07, 6.45) is 4.64. The Morgan fingerprint density at radius 1 is 1.40 bits per heavy atom. The molecular formula is C15H16BrNO3. The highest BCUT2D eigenvalue weighted by atomic mass is 79.9. The fourth-order valence-electron chi connectivity index (χ4n) is 2.26. The maximum Gasteiger partial charge on any atom is 0.308 e. The number of piperidine rings is 1. The highest BCUT2D eigenvalue weighted by Gasteiger charge is 2.26. The van der Waals surface area contributed by atoms with E-state index in [1.165, 1.54) is 6.08 Å². The minimum Gasteiger partial charge on any atom is -0.481 e. The number of carboxylic acid groups (broad SMARTS) is 1. The molecule has 5 heteroatoms. The number of nitrogens with zero attached hydrogens (tertiary/aromatic N) is 1. The molecule has 1 fully saturated rings. The van der Waals surface area contributed by atoms with E-state index in [9.17, 15) is 9.59 Å². The van der Waals surface area contributed by atoms with Crippen LogP contribution in [0, 0.1) is 5.92 Å². The Hall–Kier alpha value is -1.62. The van der Waals surface area contributed by atoms with Gasteiger partial charge in [-0.05, 0) is 36.6 Å². The van der Waals surface area contributed by atoms with E-state index >= 15 is 0 Å². The minimum atomic E-state index is -0.821. The van der Waals surface area contributed by atoms with Gasteiger partial charge in [0.05, 0.1) is 5.92 Å². The monoisotopic (exact) mass is 337 g/mol. The Bertz CT molecular complexity index is 542. The Morgan fingerprint density at radius 3 is 2.90 bits per heavy atom. The zero-order valence-corrected chi connectivity index (χ0v) is 12.5. The van der Waals surface area contributed by atoms with Gasteiger partial charge in [-0.15, -0.1) is 0 Å². The smallest absolute Gasteiger partial charge is 0.308 e. The summed E-state index contributed by atoms with van der Waals surface area (Å²) in [4.78, 5) is 24.6. The molecule has 1 aliphatic rings. The fraction of sp³-hybridized carbons (Fsp3) is 0.333. The topological polar surface area (TPSA) is 57.6 Å². The Labute approximate surface area is 126 Å². The summed E-state index contributed by atoms with van der Waals surface area (Å²) in [5, 5.41) is 9.02. The lowest BCUT2D eigenvalue weighted by atomic mass is 9.98. The molecule has 0 aromatic heterocycles. The van der Waals surface area contributed by atoms with Crippen LogP contribution in [-0.4, -0.2) is 35.0 Å². The standard InChI is InChI=1S/C15H16BrNO3/c16-13-5-1-3-11(9-13)6-7-14(18)17-8-2-4-12(10-17)15(19)20/h1,3,5-7,9,12H,2,4,8,10H2,(H,19,20)/b7-6+. The number of benzene rings is 1. The molecule has 1 N–H and O–H groups in total. The van der Waals surface area contributed by atoms with Crippen LogP contribution in [0.4, 0.5) is 0 Å². The summed E-state index contributed by atoms with van der Waals surface area (Å²) in [6, 6.07) is 7.64. The van der Waals surface area contributed by atoms with Gasteiger partial charge >= 0.3 is 5.97 Å². The van der Waals surface area contributed by atoms with E-state index in [0.29, 0.717) is 19.5 Å². The van der Waals surface area contributed by atoms with E-state index in [1.807, 2.05) is 24.3 Å². The molecule has 4 nitrogen and oxygen atoms in total. The van der Waals surface area contributed by atoms with Gasteiger partial charge in [0.2, 0.25) is 5.91 Å². The van der Waals surface area contributed by atoms with Crippen molar-refractivity contribution in [1.29, 1.82) is 0 Å². The SMILES string of the molecule is O=C(O)C1CCCN(C(=O)/C=C/c2cccc(Br)c2)C1. The molecule has 106 valence electrons. The minimum absolute atomic E-state index is 0.129. The molecule has 0 spiro atoms. The Morgan fingerprint density at radius 2 is 2.20 bits per heavy atom. The highest BCUT2D eigenvalue weighted by molar-refractivity contribution is 9.10. The summed E-state index contributed by atoms with van der Waals surface area (Å²) >= 11 is 3.38. The number of carboxylic acids is 1. The maximum absolute atomic E-state index is 12.1. The van der Waals surface area contributed by atoms with Gasteiger partial charge in [-0.2, -0.15) is 0 Å². The first-order valence-electron chi connectivity index (χ1n) is 6.51. The first-order valence-corrected chi connectivity index (χ1v) is 7.31. The van der Waals surface area contributed by atoms with Gasteiger partial charge in [-0.3, -0.25) is 9.59 Å². The van der Waals surface area contributed by atoms with Crippen molar-refractivity contribution in [2.24, 2.45) is 5.92 Å². The van der Waals surface area contributed by atoms with Crippen LogP contribution >= 0.6 is 15.9 Å². The van der Waals surface area contributed by atoms with E-state index < -0.39 is 11.9 Å². The molecule has 2 rings (SSSR count). The van der Waals surface area contributed by atoms with Gasteiger partial charge in [0.1, 0.15) is 0 Å². The van der Waals surface area contributed by atoms with Crippen molar-refractivity contribution in [1.82, 2.24) is 4.90 Å². The van der Waals surface area contributed by atoms with Crippen LogP contribution in [0.2, 0.25) is 0 Å². The quantitative estimate of drug-likeness (QED) is 0.863. The summed E-state index contributed by atoms with van der Waals surface area (Å²) in [5.41, 5.74) is 0.930. The summed E-state index contributed by atoms with van der Waals surface area (Å²) in [5.74, 6) is -1.39. The second-order valence-corrected chi connectivity index (χ2v) is 5.77. The van der Waals surface area contributed by atoms with Crippen LogP contribution in [0.3, 0.4) is 0 Å². The second kappa shape index (κ2) is 6.70. The first kappa shape index (κ1) is 14.8. The highest BCUT2D eigenvalue weighted by Crippen LogP contribution is 2.17. The lowest BCUT2D eigenvalue weighted by molar-refractivity contribution is -0.144. The van der Waals surface area contributed by atoms with E-state index in [-0.39, 0.29) is 5.91 Å². The summed E-state index contributed by atoms with van der Waals surface area (Å²) in [7, 11) is 0. The van der Waals surface area contributed by atoms with Crippen molar-refractivity contribution in [3.05, 3.63) is 40.4 Å². The van der Waals surface area contributed by atoms with Crippen LogP contribution in [-0.2, 0) is 9.59 Å². The van der Waals surface area contributed by atoms with Crippen molar-refractivity contribution >= 4 is 33.9 Å². The summed E-state index contributed by atoms with van der Waals surface area (Å²) in [6.45, 7) is 0.933. The van der Waals surface area contributed by atoms with Gasteiger partial charge in [0.15, 0.2) is 0 Å². The lowest BCUT2D eigenvalue weighted by Crippen LogP contribution is -2.41. The third kappa shape index (κ3) is 3.93. The number of amides is 1. The molecule has 1 unspecified atom stereocenters. The molecule has 0 radical (unpaired) electrons. The van der Waals surface area contributed by atoms with Crippen molar-refractivity contribution in [3.63, 3.8) is 0 Å². The Kier molecular flexibility index (Phi) is 4.95. The zero-order chi connectivity index (χ0) is 14.5. The van der Waals surface area contributed by atoms with Gasteiger partial charge in [-0.1, -0.05) is 28.1 Å². The van der Waals surface area contributed by atoms with E-state index in [0.717, 1.165) is 16.5 Å². The van der Waals surface area contributed by atoms with Crippen LogP contribution < -0.4 is 0 Å². The molecule has 1 saturated heterocycles. The number of halogens is 1. The van der Waals surface area contributed by atoms with Crippen LogP contribution in [0.25, 0.3) is 6.08 Å². The van der Waals surface area contributed by atoms with Crippen LogP contribution in [0.15, 0.2) is 34.8 Å². The molecule has 1 amide bonds. The van der Waals surface area contributed by atoms with Gasteiger partial charge < -0.3 is 10.0 Å². The van der Waals surface area contributed by atoms with E-state index in [1.54, 1.807) is 11.0 Å². The zero-order valence-electron chi connectivity index (χ0n) is 11.0. The second-order valence-electron chi connectivity index (χ2n) is 4.85. The number of aliphatic carboxylic acids is 1. The molecule has 1 aliphatic heterocycles. The third-order valence-electron chi connectivity index (χ3n) is 3.35. The molecule has 1 heterocycles. The van der Waals surface area contributed by atoms with Gasteiger partial charge in [0.25, 0.3) is 0 Å². The molecule has 0 aliphatic carbocycles. The molecule has 1 aromatic carbocycles. The molecule has 0 bridgehead atoms. The van der Waals surface area contributed by atoms with Crippen molar-refractivity contribution in [2.45, 2.75) is 12.8 Å². The van der Waals surface area contributed by atoms with Crippen molar-refractivity contribution < 1.29 is 14.7 Å². The molecule has 1 aromatic rings. The van der Waals surface area contributed by atoms with Crippen molar-refractivity contribution in [2.75, 3.05) is 13.1 Å². The fourth-order valence-corrected chi connectivity index (χ4v) is 2.68. The van der Waals surface area contributed by atoms with Crippen LogP contribution in [0.1, 0.15) is 18.4 Å². The number of carbonyl (C=O) groups excluding carboxylic acids is 1. The number of hydrogen-bond donors (Lipinski definition) is 1. The Balaban J connectivity index is 1.99. The summed E-state index contributed by atoms with van der Waals surface area (Å²) < 4.78 is 0.955. The first-order chi connectivity index (χ1) is 9.56. The molecule has 0 saturated carbocycles. The molecule has 20 heavy (non-hydrogen) atoms. The van der Waals surface area contributed by atoms with Crippen molar-refractivity contribution in [3.8, 4) is 0 Å².